The van der Waals surface area contributed by atoms with Crippen LogP contribution in [0.2, 0.25) is 0 Å². The van der Waals surface area contributed by atoms with Crippen molar-refractivity contribution >= 4 is 71.9 Å². The molecule has 1 aromatic carbocycles. The summed E-state index contributed by atoms with van der Waals surface area (Å²) in [6, 6.07) is 5.67. The number of aromatic nitrogens is 1. The van der Waals surface area contributed by atoms with Crippen LogP contribution in [0.5, 0.6) is 0 Å². The van der Waals surface area contributed by atoms with E-state index in [-0.39, 0.29) is 27.9 Å². The number of nitrogens with zero attached hydrogens (tertiary/aromatic N) is 2. The van der Waals surface area contributed by atoms with E-state index in [1.54, 1.807) is 0 Å². The predicted molar refractivity (Wildman–Crippen MR) is 149 cm³/mol. The average molecular weight is 692 g/mol. The summed E-state index contributed by atoms with van der Waals surface area (Å²) in [7, 11) is -30.7. The van der Waals surface area contributed by atoms with Crippen molar-refractivity contribution in [2.45, 2.75) is 45.6 Å². The molecule has 0 aliphatic carbocycles. The van der Waals surface area contributed by atoms with Crippen molar-refractivity contribution in [3.05, 3.63) is 29.8 Å². The number of rotatable bonds is 14. The second-order valence-corrected chi connectivity index (χ2v) is 24.6. The molecule has 0 bridgehead atoms. The van der Waals surface area contributed by atoms with Crippen LogP contribution in [-0.2, 0) is 42.9 Å². The Labute approximate surface area is 240 Å². The zero-order valence-corrected chi connectivity index (χ0v) is 25.9. The third-order valence-corrected chi connectivity index (χ3v) is 24.9. The standard InChI is InChI=1S/C18H24N6O11S6/c1-3-5-8-13(4-2)20-18(25)22-21-17-15(11-19)16(36-23-17)12-7-6-9-14(10-12)24-38(28,29)40(32,33)41(34,35)39(30,31)37(26)27/h6-7,9-10,13,24H,3-5,8H2,1-2H3,(H,21,23)(H,26,27)(H2,20,22,25)/p-1. The molecule has 23 heteroatoms. The van der Waals surface area contributed by atoms with Gasteiger partial charge < -0.3 is 9.87 Å². The molecule has 0 spiro atoms. The van der Waals surface area contributed by atoms with Gasteiger partial charge >= 0.3 is 38.8 Å². The lowest BCUT2D eigenvalue weighted by atomic mass is 10.1. The van der Waals surface area contributed by atoms with Crippen LogP contribution in [0, 0.1) is 11.3 Å². The van der Waals surface area contributed by atoms with Gasteiger partial charge in [0.25, 0.3) is 0 Å². The lowest BCUT2D eigenvalue weighted by molar-refractivity contribution is 0.237. The molecule has 2 unspecified atom stereocenters. The lowest BCUT2D eigenvalue weighted by Gasteiger charge is -2.17. The third-order valence-electron chi connectivity index (χ3n) is 5.14. The Morgan fingerprint density at radius 2 is 1.78 bits per heavy atom. The van der Waals surface area contributed by atoms with Crippen LogP contribution in [0.25, 0.3) is 10.4 Å². The van der Waals surface area contributed by atoms with Gasteiger partial charge in [0.1, 0.15) is 11.6 Å². The number of unbranched alkanes of at least 4 members (excludes halogenated alkanes) is 1. The Kier molecular flexibility index (Phi) is 11.2. The first kappa shape index (κ1) is 34.3. The highest BCUT2D eigenvalue weighted by Crippen LogP contribution is 2.34. The zero-order valence-electron chi connectivity index (χ0n) is 21.0. The molecular weight excluding hydrogens is 669 g/mol. The molecule has 0 fully saturated rings. The molecule has 2 atom stereocenters. The molecule has 2 aromatic rings. The number of hydrazine groups is 1. The van der Waals surface area contributed by atoms with E-state index in [0.29, 0.717) is 6.42 Å². The van der Waals surface area contributed by atoms with Crippen molar-refractivity contribution in [1.29, 1.82) is 5.26 Å². The normalized spacial score (nSPS) is 13.9. The van der Waals surface area contributed by atoms with Crippen LogP contribution in [0.15, 0.2) is 24.3 Å². The monoisotopic (exact) mass is 691 g/mol. The van der Waals surface area contributed by atoms with Gasteiger partial charge in [-0.1, -0.05) is 38.8 Å². The van der Waals surface area contributed by atoms with Gasteiger partial charge in [0, 0.05) is 6.04 Å². The maximum absolute atomic E-state index is 12.4. The summed E-state index contributed by atoms with van der Waals surface area (Å²) in [5.41, 5.74) is 4.24. The van der Waals surface area contributed by atoms with E-state index in [2.05, 4.69) is 20.5 Å². The van der Waals surface area contributed by atoms with Crippen molar-refractivity contribution in [3.63, 3.8) is 0 Å². The molecule has 41 heavy (non-hydrogen) atoms. The number of nitriles is 1. The van der Waals surface area contributed by atoms with Gasteiger partial charge in [-0.05, 0) is 42.1 Å². The third kappa shape index (κ3) is 7.31. The summed E-state index contributed by atoms with van der Waals surface area (Å²) in [6.45, 7) is 3.93. The van der Waals surface area contributed by atoms with Crippen LogP contribution in [0.4, 0.5) is 16.3 Å². The Morgan fingerprint density at radius 3 is 2.34 bits per heavy atom. The molecule has 0 saturated carbocycles. The fraction of sp³-hybridized carbons (Fsp3) is 0.389. The van der Waals surface area contributed by atoms with Gasteiger partial charge in [-0.3, -0.25) is 19.8 Å². The minimum absolute atomic E-state index is 0.0697. The van der Waals surface area contributed by atoms with Crippen LogP contribution < -0.4 is 20.9 Å². The van der Waals surface area contributed by atoms with Gasteiger partial charge in [0.05, 0.1) is 20.7 Å². The number of amides is 2. The van der Waals surface area contributed by atoms with Crippen LogP contribution in [0.3, 0.4) is 0 Å². The Balaban J connectivity index is 2.32. The summed E-state index contributed by atoms with van der Waals surface area (Å²) in [6.07, 6.45) is 3.33. The van der Waals surface area contributed by atoms with Gasteiger partial charge in [-0.2, -0.15) is 43.3 Å². The van der Waals surface area contributed by atoms with Gasteiger partial charge in [0.15, 0.2) is 5.82 Å². The largest absolute Gasteiger partial charge is 0.759 e. The van der Waals surface area contributed by atoms with Crippen LogP contribution in [0.1, 0.15) is 45.1 Å². The predicted octanol–water partition coefficient (Wildman–Crippen LogP) is 0.802. The van der Waals surface area contributed by atoms with Crippen LogP contribution >= 0.6 is 11.5 Å². The molecule has 0 aliphatic heterocycles. The molecule has 0 aliphatic rings. The second kappa shape index (κ2) is 13.4. The van der Waals surface area contributed by atoms with Crippen LogP contribution in [-0.4, -0.2) is 58.9 Å². The molecule has 4 N–H and O–H groups in total. The van der Waals surface area contributed by atoms with Crippen molar-refractivity contribution in [1.82, 2.24) is 15.1 Å². The van der Waals surface area contributed by atoms with Crippen molar-refractivity contribution < 1.29 is 47.2 Å². The fourth-order valence-corrected chi connectivity index (χ4v) is 20.6. The summed E-state index contributed by atoms with van der Waals surface area (Å²) in [5.74, 6) is -0.0697. The second-order valence-electron chi connectivity index (χ2n) is 7.88. The first-order chi connectivity index (χ1) is 19.0. The topological polar surface area (TPSA) is 279 Å². The van der Waals surface area contributed by atoms with Crippen molar-refractivity contribution in [2.75, 3.05) is 10.1 Å². The van der Waals surface area contributed by atoms with Gasteiger partial charge in [0.2, 0.25) is 0 Å². The minimum Gasteiger partial charge on any atom is -0.759 e. The Morgan fingerprint density at radius 1 is 1.12 bits per heavy atom. The molecule has 2 rings (SSSR count). The molecular formula is C18H23N6O11S6-. The Bertz CT molecular complexity index is 1800. The number of anilines is 2. The fourth-order valence-electron chi connectivity index (χ4n) is 3.04. The highest BCUT2D eigenvalue weighted by molar-refractivity contribution is 9.24. The summed E-state index contributed by atoms with van der Waals surface area (Å²) in [5, 5.41) is 12.4. The number of benzene rings is 1. The molecule has 1 aromatic heterocycles. The highest BCUT2D eigenvalue weighted by Gasteiger charge is 2.52. The van der Waals surface area contributed by atoms with E-state index in [4.69, 9.17) is 0 Å². The maximum Gasteiger partial charge on any atom is 0.390 e. The first-order valence-electron chi connectivity index (χ1n) is 11.2. The van der Waals surface area contributed by atoms with Gasteiger partial charge in [-0.15, -0.1) is 0 Å². The maximum atomic E-state index is 12.4. The number of nitrogens with one attached hydrogen (secondary N) is 4. The number of urea groups is 1. The minimum atomic E-state index is -6.83. The summed E-state index contributed by atoms with van der Waals surface area (Å²) < 4.78 is 123. The van der Waals surface area contributed by atoms with E-state index >= 15 is 0 Å². The number of carbonyl (C=O) groups excluding carboxylic acids is 1. The van der Waals surface area contributed by atoms with E-state index in [1.165, 1.54) is 16.9 Å². The number of carbonyl (C=O) groups is 1. The summed E-state index contributed by atoms with van der Waals surface area (Å²) >= 11 is 0.732. The Hall–Kier alpha value is -2.88. The molecule has 0 radical (unpaired) electrons. The molecule has 1 heterocycles. The SMILES string of the molecule is CCCCC(CC)NC(=O)NNc1nsc(-c2cccc(NS(=O)(=O)S(=O)(=O)S(=O)(=O)S(=O)(=O)S(=O)[O-])c2)c1C#N. The van der Waals surface area contributed by atoms with Crippen molar-refractivity contribution in [3.8, 4) is 16.5 Å². The van der Waals surface area contributed by atoms with E-state index < -0.39 is 54.6 Å². The highest BCUT2D eigenvalue weighted by atomic mass is 33.9. The van der Waals surface area contributed by atoms with E-state index in [0.717, 1.165) is 42.9 Å². The lowest BCUT2D eigenvalue weighted by Crippen LogP contribution is -2.44. The molecule has 0 saturated heterocycles. The molecule has 17 nitrogen and oxygen atoms in total. The smallest absolute Gasteiger partial charge is 0.390 e. The number of hydrogen-bond acceptors (Lipinski definition) is 15. The summed E-state index contributed by atoms with van der Waals surface area (Å²) in [4.78, 5) is 12.4. The van der Waals surface area contributed by atoms with Gasteiger partial charge in [-0.25, -0.2) is 4.79 Å². The number of hydrogen-bond donors (Lipinski definition) is 4. The average Bonchev–Trinajstić information content (AvgIpc) is 3.32. The molecule has 2 amide bonds. The van der Waals surface area contributed by atoms with E-state index in [9.17, 15) is 52.5 Å². The first-order valence-corrected chi connectivity index (χ1v) is 21.0. The van der Waals surface area contributed by atoms with Crippen molar-refractivity contribution in [2.24, 2.45) is 0 Å². The zero-order chi connectivity index (χ0) is 31.2. The molecule has 228 valence electrons. The quantitative estimate of drug-likeness (QED) is 0.121. The van der Waals surface area contributed by atoms with E-state index in [1.807, 2.05) is 19.9 Å².